The number of para-hydroxylation sites is 2. The van der Waals surface area contributed by atoms with Gasteiger partial charge in [-0.15, -0.1) is 0 Å². The Balaban J connectivity index is 2.13. The van der Waals surface area contributed by atoms with E-state index < -0.39 is 9.84 Å². The van der Waals surface area contributed by atoms with Gasteiger partial charge in [0.1, 0.15) is 17.3 Å². The van der Waals surface area contributed by atoms with Crippen LogP contribution in [0.4, 0.5) is 5.69 Å². The highest BCUT2D eigenvalue weighted by Crippen LogP contribution is 2.29. The lowest BCUT2D eigenvalue weighted by molar-refractivity contribution is 0.377. The first-order chi connectivity index (χ1) is 8.98. The molecule has 0 amide bonds. The van der Waals surface area contributed by atoms with Gasteiger partial charge in [-0.3, -0.25) is 0 Å². The number of ether oxygens (including phenoxy) is 1. The molecule has 1 aromatic rings. The molecular weight excluding hydrogens is 284 g/mol. The highest BCUT2D eigenvalue weighted by Gasteiger charge is 2.23. The fraction of sp³-hybridized carbons (Fsp3) is 0.417. The van der Waals surface area contributed by atoms with E-state index in [0.717, 1.165) is 5.69 Å². The summed E-state index contributed by atoms with van der Waals surface area (Å²) in [5.41, 5.74) is 6.30. The van der Waals surface area contributed by atoms with E-state index in [1.165, 1.54) is 0 Å². The quantitative estimate of drug-likeness (QED) is 0.820. The van der Waals surface area contributed by atoms with E-state index in [-0.39, 0.29) is 23.1 Å². The van der Waals surface area contributed by atoms with Crippen molar-refractivity contribution in [3.05, 3.63) is 24.3 Å². The first kappa shape index (κ1) is 14.1. The Hall–Kier alpha value is -1.34. The van der Waals surface area contributed by atoms with Crippen molar-refractivity contribution >= 4 is 32.7 Å². The smallest absolute Gasteiger partial charge is 0.153 e. The van der Waals surface area contributed by atoms with Crippen LogP contribution in [0.2, 0.25) is 0 Å². The van der Waals surface area contributed by atoms with E-state index in [1.54, 1.807) is 0 Å². The normalized spacial score (nSPS) is 18.0. The second-order valence-corrected chi connectivity index (χ2v) is 7.19. The van der Waals surface area contributed by atoms with Gasteiger partial charge < -0.3 is 15.4 Å². The fourth-order valence-corrected chi connectivity index (χ4v) is 3.20. The molecule has 0 aromatic heterocycles. The van der Waals surface area contributed by atoms with Crippen LogP contribution in [0.1, 0.15) is 0 Å². The van der Waals surface area contributed by atoms with Crippen LogP contribution in [0.3, 0.4) is 0 Å². The number of nitrogens with zero attached hydrogens (tertiary/aromatic N) is 1. The molecule has 0 saturated carbocycles. The lowest BCUT2D eigenvalue weighted by Gasteiger charge is -2.30. The maximum Gasteiger partial charge on any atom is 0.153 e. The van der Waals surface area contributed by atoms with Crippen molar-refractivity contribution in [3.8, 4) is 5.75 Å². The Morgan fingerprint density at radius 3 is 2.58 bits per heavy atom. The van der Waals surface area contributed by atoms with Gasteiger partial charge in [-0.1, -0.05) is 24.4 Å². The third-order valence-electron chi connectivity index (χ3n) is 2.92. The molecule has 2 rings (SSSR count). The van der Waals surface area contributed by atoms with Gasteiger partial charge in [0.05, 0.1) is 17.2 Å². The van der Waals surface area contributed by atoms with E-state index >= 15 is 0 Å². The van der Waals surface area contributed by atoms with Crippen molar-refractivity contribution in [3.63, 3.8) is 0 Å². The summed E-state index contributed by atoms with van der Waals surface area (Å²) in [5, 5.41) is 0. The van der Waals surface area contributed by atoms with Crippen LogP contribution in [0.25, 0.3) is 0 Å². The molecular formula is C12H16N2O3S2. The van der Waals surface area contributed by atoms with E-state index in [9.17, 15) is 8.42 Å². The van der Waals surface area contributed by atoms with Crippen molar-refractivity contribution < 1.29 is 13.2 Å². The topological polar surface area (TPSA) is 72.6 Å². The minimum atomic E-state index is -2.89. The molecule has 5 nitrogen and oxygen atoms in total. The summed E-state index contributed by atoms with van der Waals surface area (Å²) in [7, 11) is -2.89. The van der Waals surface area contributed by atoms with Gasteiger partial charge in [-0.2, -0.15) is 0 Å². The van der Waals surface area contributed by atoms with E-state index in [1.807, 2.05) is 29.2 Å². The molecule has 1 aromatic carbocycles. The monoisotopic (exact) mass is 300 g/mol. The SMILES string of the molecule is NC(=S)COc1ccccc1N1CCS(=O)(=O)CC1. The third kappa shape index (κ3) is 3.81. The molecule has 1 aliphatic heterocycles. The van der Waals surface area contributed by atoms with Crippen molar-refractivity contribution in [2.75, 3.05) is 36.1 Å². The molecule has 0 radical (unpaired) electrons. The van der Waals surface area contributed by atoms with Crippen molar-refractivity contribution in [1.82, 2.24) is 0 Å². The maximum atomic E-state index is 11.4. The van der Waals surface area contributed by atoms with Crippen LogP contribution in [0.5, 0.6) is 5.75 Å². The van der Waals surface area contributed by atoms with Crippen molar-refractivity contribution in [1.29, 1.82) is 0 Å². The van der Waals surface area contributed by atoms with Gasteiger partial charge in [-0.05, 0) is 12.1 Å². The number of anilines is 1. The maximum absolute atomic E-state index is 11.4. The fourth-order valence-electron chi connectivity index (χ4n) is 1.94. The van der Waals surface area contributed by atoms with Gasteiger partial charge in [0.15, 0.2) is 9.84 Å². The summed E-state index contributed by atoms with van der Waals surface area (Å²) in [6.45, 7) is 1.14. The van der Waals surface area contributed by atoms with Crippen LogP contribution in [-0.4, -0.2) is 44.6 Å². The molecule has 0 bridgehead atoms. The Morgan fingerprint density at radius 2 is 1.95 bits per heavy atom. The molecule has 2 N–H and O–H groups in total. The predicted molar refractivity (Wildman–Crippen MR) is 79.6 cm³/mol. The summed E-state index contributed by atoms with van der Waals surface area (Å²) >= 11 is 4.78. The minimum Gasteiger partial charge on any atom is -0.484 e. The zero-order valence-corrected chi connectivity index (χ0v) is 12.0. The molecule has 7 heteroatoms. The summed E-state index contributed by atoms with van der Waals surface area (Å²) in [6, 6.07) is 7.49. The Kier molecular flexibility index (Phi) is 4.26. The zero-order chi connectivity index (χ0) is 13.9. The van der Waals surface area contributed by atoms with Gasteiger partial charge in [-0.25, -0.2) is 8.42 Å². The Labute approximate surface area is 118 Å². The molecule has 19 heavy (non-hydrogen) atoms. The van der Waals surface area contributed by atoms with Crippen LogP contribution in [0, 0.1) is 0 Å². The number of sulfone groups is 1. The van der Waals surface area contributed by atoms with Crippen molar-refractivity contribution in [2.45, 2.75) is 0 Å². The highest BCUT2D eigenvalue weighted by atomic mass is 32.2. The summed E-state index contributed by atoms with van der Waals surface area (Å²) in [5.74, 6) is 1.03. The second-order valence-electron chi connectivity index (χ2n) is 4.36. The van der Waals surface area contributed by atoms with Gasteiger partial charge in [0.25, 0.3) is 0 Å². The second kappa shape index (κ2) is 5.75. The minimum absolute atomic E-state index is 0.177. The molecule has 0 atom stereocenters. The molecule has 1 saturated heterocycles. The van der Waals surface area contributed by atoms with E-state index in [0.29, 0.717) is 18.8 Å². The van der Waals surface area contributed by atoms with Crippen LogP contribution >= 0.6 is 12.2 Å². The van der Waals surface area contributed by atoms with Gasteiger partial charge in [0, 0.05) is 13.1 Å². The molecule has 0 spiro atoms. The molecule has 1 aliphatic rings. The number of hydrogen-bond donors (Lipinski definition) is 1. The number of nitrogens with two attached hydrogens (primary N) is 1. The first-order valence-corrected chi connectivity index (χ1v) is 8.16. The van der Waals surface area contributed by atoms with Crippen LogP contribution < -0.4 is 15.4 Å². The number of hydrogen-bond acceptors (Lipinski definition) is 5. The van der Waals surface area contributed by atoms with Crippen molar-refractivity contribution in [2.24, 2.45) is 5.73 Å². The predicted octanol–water partition coefficient (Wildman–Crippen LogP) is 0.586. The standard InChI is InChI=1S/C12H16N2O3S2/c13-12(18)9-17-11-4-2-1-3-10(11)14-5-7-19(15,16)8-6-14/h1-4H,5-9H2,(H2,13,18). The molecule has 0 unspecified atom stereocenters. The lowest BCUT2D eigenvalue weighted by atomic mass is 10.2. The summed E-state index contributed by atoms with van der Waals surface area (Å²) < 4.78 is 28.4. The Morgan fingerprint density at radius 1 is 1.32 bits per heavy atom. The Bertz CT molecular complexity index is 558. The molecule has 1 fully saturated rings. The van der Waals surface area contributed by atoms with Gasteiger partial charge >= 0.3 is 0 Å². The third-order valence-corrected chi connectivity index (χ3v) is 4.65. The zero-order valence-electron chi connectivity index (χ0n) is 10.4. The van der Waals surface area contributed by atoms with Crippen LogP contribution in [0.15, 0.2) is 24.3 Å². The first-order valence-electron chi connectivity index (χ1n) is 5.93. The number of rotatable bonds is 4. The largest absolute Gasteiger partial charge is 0.484 e. The highest BCUT2D eigenvalue weighted by molar-refractivity contribution is 7.91. The number of thiocarbonyl (C=S) groups is 1. The summed E-state index contributed by atoms with van der Waals surface area (Å²) in [4.78, 5) is 2.30. The summed E-state index contributed by atoms with van der Waals surface area (Å²) in [6.07, 6.45) is 0. The van der Waals surface area contributed by atoms with Crippen LogP contribution in [-0.2, 0) is 9.84 Å². The number of benzene rings is 1. The molecule has 104 valence electrons. The lowest BCUT2D eigenvalue weighted by Crippen LogP contribution is -2.40. The molecule has 0 aliphatic carbocycles. The molecule has 1 heterocycles. The van der Waals surface area contributed by atoms with E-state index in [2.05, 4.69) is 0 Å². The average molecular weight is 300 g/mol. The van der Waals surface area contributed by atoms with Gasteiger partial charge in [0.2, 0.25) is 0 Å². The van der Waals surface area contributed by atoms with E-state index in [4.69, 9.17) is 22.7 Å². The average Bonchev–Trinajstić information content (AvgIpc) is 2.37.